The highest BCUT2D eigenvalue weighted by molar-refractivity contribution is 6.49. The molecule has 92 valence electrons. The van der Waals surface area contributed by atoms with Crippen molar-refractivity contribution in [1.29, 1.82) is 0 Å². The highest BCUT2D eigenvalue weighted by Crippen LogP contribution is 2.38. The monoisotopic (exact) mass is 232 g/mol. The van der Waals surface area contributed by atoms with Crippen LogP contribution in [0.25, 0.3) is 0 Å². The van der Waals surface area contributed by atoms with E-state index in [1.165, 1.54) is 32.1 Å². The molecule has 1 aromatic carbocycles. The van der Waals surface area contributed by atoms with Gasteiger partial charge in [-0.3, -0.25) is 0 Å². The van der Waals surface area contributed by atoms with Gasteiger partial charge in [0.25, 0.3) is 0 Å². The van der Waals surface area contributed by atoms with Gasteiger partial charge < -0.3 is 9.31 Å². The number of rotatable bonds is 6. The van der Waals surface area contributed by atoms with E-state index >= 15 is 0 Å². The van der Waals surface area contributed by atoms with Crippen LogP contribution in [0.5, 0.6) is 11.5 Å². The molecule has 1 aliphatic heterocycles. The third-order valence-corrected chi connectivity index (χ3v) is 3.31. The van der Waals surface area contributed by atoms with Crippen LogP contribution in [0, 0.1) is 0 Å². The van der Waals surface area contributed by atoms with Gasteiger partial charge >= 0.3 is 7.12 Å². The summed E-state index contributed by atoms with van der Waals surface area (Å²) in [6.07, 6.45) is 6.06. The molecule has 1 atom stereocenters. The van der Waals surface area contributed by atoms with Crippen LogP contribution in [-0.2, 0) is 0 Å². The van der Waals surface area contributed by atoms with Crippen LogP contribution in [-0.4, -0.2) is 7.12 Å². The van der Waals surface area contributed by atoms with Crippen LogP contribution in [0.1, 0.15) is 46.0 Å². The van der Waals surface area contributed by atoms with Crippen molar-refractivity contribution in [1.82, 2.24) is 0 Å². The second-order valence-corrected chi connectivity index (χ2v) is 4.74. The van der Waals surface area contributed by atoms with Crippen molar-refractivity contribution in [2.75, 3.05) is 0 Å². The molecule has 0 bridgehead atoms. The number of benzene rings is 1. The first kappa shape index (κ1) is 12.3. The topological polar surface area (TPSA) is 18.5 Å². The number of para-hydroxylation sites is 2. The number of unbranched alkanes of at least 4 members (excludes halogenated alkanes) is 1. The van der Waals surface area contributed by atoms with Gasteiger partial charge in [-0.25, -0.2) is 0 Å². The summed E-state index contributed by atoms with van der Waals surface area (Å²) >= 11 is 0. The normalized spacial score (nSPS) is 15.1. The van der Waals surface area contributed by atoms with E-state index in [0.29, 0.717) is 5.82 Å². The van der Waals surface area contributed by atoms with Crippen LogP contribution >= 0.6 is 0 Å². The Kier molecular flexibility index (Phi) is 4.35. The fourth-order valence-electron chi connectivity index (χ4n) is 2.37. The fourth-order valence-corrected chi connectivity index (χ4v) is 2.37. The van der Waals surface area contributed by atoms with Gasteiger partial charge in [0, 0.05) is 5.82 Å². The second kappa shape index (κ2) is 5.99. The maximum atomic E-state index is 5.90. The molecule has 1 unspecified atom stereocenters. The third-order valence-electron chi connectivity index (χ3n) is 3.31. The van der Waals surface area contributed by atoms with E-state index in [-0.39, 0.29) is 7.12 Å². The lowest BCUT2D eigenvalue weighted by atomic mass is 9.67. The summed E-state index contributed by atoms with van der Waals surface area (Å²) in [5.74, 6) is 2.32. The Morgan fingerprint density at radius 1 is 1.00 bits per heavy atom. The van der Waals surface area contributed by atoms with Gasteiger partial charge in [-0.15, -0.1) is 0 Å². The minimum absolute atomic E-state index is 0.0705. The molecule has 1 heterocycles. The van der Waals surface area contributed by atoms with Crippen LogP contribution in [0.15, 0.2) is 24.3 Å². The predicted octanol–water partition coefficient (Wildman–Crippen LogP) is 4.31. The smallest absolute Gasteiger partial charge is 0.523 e. The lowest BCUT2D eigenvalue weighted by Gasteiger charge is -2.16. The molecule has 0 aromatic heterocycles. The molecule has 2 nitrogen and oxygen atoms in total. The van der Waals surface area contributed by atoms with Crippen molar-refractivity contribution < 1.29 is 9.31 Å². The quantitative estimate of drug-likeness (QED) is 0.680. The van der Waals surface area contributed by atoms with Crippen molar-refractivity contribution in [3.8, 4) is 11.5 Å². The maximum absolute atomic E-state index is 5.90. The minimum atomic E-state index is -0.0705. The van der Waals surface area contributed by atoms with Crippen molar-refractivity contribution >= 4 is 7.12 Å². The van der Waals surface area contributed by atoms with E-state index in [0.717, 1.165) is 11.5 Å². The van der Waals surface area contributed by atoms with Gasteiger partial charge in [-0.1, -0.05) is 45.2 Å². The summed E-state index contributed by atoms with van der Waals surface area (Å²) in [4.78, 5) is 0. The number of hydrogen-bond donors (Lipinski definition) is 0. The van der Waals surface area contributed by atoms with Gasteiger partial charge in [0.2, 0.25) is 0 Å². The van der Waals surface area contributed by atoms with Crippen molar-refractivity contribution in [3.63, 3.8) is 0 Å². The SMILES string of the molecule is CCCCC(CCC)B1Oc2ccccc2O1. The lowest BCUT2D eigenvalue weighted by Crippen LogP contribution is -2.31. The third kappa shape index (κ3) is 2.96. The lowest BCUT2D eigenvalue weighted by molar-refractivity contribution is 0.443. The standard InChI is InChI=1S/C14H21BO2/c1-3-5-9-12(8-4-2)15-16-13-10-6-7-11-14(13)17-15/h6-7,10-12H,3-5,8-9H2,1-2H3. The molecule has 0 N–H and O–H groups in total. The van der Waals surface area contributed by atoms with Gasteiger partial charge in [-0.05, 0) is 25.0 Å². The van der Waals surface area contributed by atoms with E-state index in [1.807, 2.05) is 24.3 Å². The molecule has 17 heavy (non-hydrogen) atoms. The van der Waals surface area contributed by atoms with E-state index < -0.39 is 0 Å². The summed E-state index contributed by atoms with van der Waals surface area (Å²) in [5.41, 5.74) is 0. The molecule has 1 aromatic rings. The summed E-state index contributed by atoms with van der Waals surface area (Å²) < 4.78 is 11.8. The molecule has 0 saturated heterocycles. The molecule has 0 fully saturated rings. The molecular formula is C14H21BO2. The molecule has 2 rings (SSSR count). The van der Waals surface area contributed by atoms with E-state index in [2.05, 4.69) is 13.8 Å². The second-order valence-electron chi connectivity index (χ2n) is 4.74. The maximum Gasteiger partial charge on any atom is 0.598 e. The molecule has 1 aliphatic rings. The zero-order valence-electron chi connectivity index (χ0n) is 10.8. The number of fused-ring (bicyclic) bond motifs is 1. The van der Waals surface area contributed by atoms with Gasteiger partial charge in [-0.2, -0.15) is 0 Å². The molecule has 3 heteroatoms. The van der Waals surface area contributed by atoms with Crippen LogP contribution in [0.4, 0.5) is 0 Å². The minimum Gasteiger partial charge on any atom is -0.523 e. The first-order valence-corrected chi connectivity index (χ1v) is 6.77. The van der Waals surface area contributed by atoms with Gasteiger partial charge in [0.15, 0.2) is 0 Å². The average Bonchev–Trinajstić information content (AvgIpc) is 2.78. The van der Waals surface area contributed by atoms with Gasteiger partial charge in [0.1, 0.15) is 11.5 Å². The van der Waals surface area contributed by atoms with E-state index in [1.54, 1.807) is 0 Å². The Morgan fingerprint density at radius 3 is 2.18 bits per heavy atom. The van der Waals surface area contributed by atoms with Crippen LogP contribution in [0.3, 0.4) is 0 Å². The van der Waals surface area contributed by atoms with Crippen LogP contribution < -0.4 is 9.31 Å². The first-order valence-electron chi connectivity index (χ1n) is 6.77. The largest absolute Gasteiger partial charge is 0.598 e. The molecule has 0 spiro atoms. The summed E-state index contributed by atoms with van der Waals surface area (Å²) in [6.45, 7) is 4.45. The fraction of sp³-hybridized carbons (Fsp3) is 0.571. The highest BCUT2D eigenvalue weighted by atomic mass is 16.6. The predicted molar refractivity (Wildman–Crippen MR) is 71.6 cm³/mol. The van der Waals surface area contributed by atoms with Crippen molar-refractivity contribution in [3.05, 3.63) is 24.3 Å². The Bertz CT molecular complexity index is 329. The summed E-state index contributed by atoms with van der Waals surface area (Å²) in [5, 5.41) is 0. The summed E-state index contributed by atoms with van der Waals surface area (Å²) in [6, 6.07) is 7.95. The molecule has 0 amide bonds. The highest BCUT2D eigenvalue weighted by Gasteiger charge is 2.38. The Labute approximate surface area is 104 Å². The molecule has 0 saturated carbocycles. The average molecular weight is 232 g/mol. The van der Waals surface area contributed by atoms with Crippen LogP contribution in [0.2, 0.25) is 5.82 Å². The van der Waals surface area contributed by atoms with Crippen molar-refractivity contribution in [2.24, 2.45) is 0 Å². The zero-order valence-corrected chi connectivity index (χ0v) is 10.8. The molecule has 0 aliphatic carbocycles. The molecule has 0 radical (unpaired) electrons. The zero-order chi connectivity index (χ0) is 12.1. The van der Waals surface area contributed by atoms with E-state index in [9.17, 15) is 0 Å². The first-order chi connectivity index (χ1) is 8.35. The Balaban J connectivity index is 1.98. The van der Waals surface area contributed by atoms with E-state index in [4.69, 9.17) is 9.31 Å². The van der Waals surface area contributed by atoms with Crippen molar-refractivity contribution in [2.45, 2.75) is 51.8 Å². The molecular weight excluding hydrogens is 211 g/mol. The Hall–Kier alpha value is -1.12. The number of hydrogen-bond acceptors (Lipinski definition) is 2. The summed E-state index contributed by atoms with van der Waals surface area (Å²) in [7, 11) is -0.0705. The van der Waals surface area contributed by atoms with Gasteiger partial charge in [0.05, 0.1) is 0 Å². The Morgan fingerprint density at radius 2 is 1.65 bits per heavy atom.